The van der Waals surface area contributed by atoms with E-state index in [9.17, 15) is 15.2 Å². The molecule has 0 aliphatic carbocycles. The van der Waals surface area contributed by atoms with Crippen molar-refractivity contribution in [2.75, 3.05) is 5.73 Å². The molecule has 72 valence electrons. The van der Waals surface area contributed by atoms with Crippen molar-refractivity contribution in [1.82, 2.24) is 0 Å². The summed E-state index contributed by atoms with van der Waals surface area (Å²) in [4.78, 5) is 10.0. The third-order valence-corrected chi connectivity index (χ3v) is 2.81. The highest BCUT2D eigenvalue weighted by Gasteiger charge is 2.15. The van der Waals surface area contributed by atoms with Gasteiger partial charge in [-0.05, 0) is 6.07 Å². The summed E-state index contributed by atoms with van der Waals surface area (Å²) < 4.78 is 0.741. The van der Waals surface area contributed by atoms with E-state index in [0.29, 0.717) is 5.39 Å². The summed E-state index contributed by atoms with van der Waals surface area (Å²) in [5.74, 6) is 0. The first-order chi connectivity index (χ1) is 6.59. The Morgan fingerprint density at radius 1 is 1.50 bits per heavy atom. The lowest BCUT2D eigenvalue weighted by Crippen LogP contribution is -1.94. The van der Waals surface area contributed by atoms with Gasteiger partial charge in [0.1, 0.15) is 5.69 Å². The van der Waals surface area contributed by atoms with Crippen LogP contribution in [-0.2, 0) is 0 Å². The number of hydrogen-bond donors (Lipinski definition) is 2. The SMILES string of the molecule is Nc1c([N+](=O)[O-])ccc2sc(O)cc12. The molecule has 1 aromatic carbocycles. The molecule has 5 nitrogen and oxygen atoms in total. The first-order valence-electron chi connectivity index (χ1n) is 3.75. The normalized spacial score (nSPS) is 10.6. The molecular weight excluding hydrogens is 204 g/mol. The predicted molar refractivity (Wildman–Crippen MR) is 54.6 cm³/mol. The summed E-state index contributed by atoms with van der Waals surface area (Å²) in [6.45, 7) is 0. The lowest BCUT2D eigenvalue weighted by molar-refractivity contribution is -0.383. The molecule has 0 saturated carbocycles. The van der Waals surface area contributed by atoms with Crippen molar-refractivity contribution in [3.63, 3.8) is 0 Å². The van der Waals surface area contributed by atoms with Crippen LogP contribution < -0.4 is 5.73 Å². The Bertz CT molecular complexity index is 521. The molecule has 14 heavy (non-hydrogen) atoms. The number of anilines is 1. The minimum Gasteiger partial charge on any atom is -0.499 e. The minimum atomic E-state index is -0.538. The zero-order valence-electron chi connectivity index (χ0n) is 6.93. The van der Waals surface area contributed by atoms with Gasteiger partial charge in [0.15, 0.2) is 5.06 Å². The van der Waals surface area contributed by atoms with Crippen LogP contribution in [-0.4, -0.2) is 10.0 Å². The van der Waals surface area contributed by atoms with Crippen molar-refractivity contribution < 1.29 is 10.0 Å². The van der Waals surface area contributed by atoms with Crippen molar-refractivity contribution in [3.8, 4) is 5.06 Å². The molecule has 6 heteroatoms. The Hall–Kier alpha value is -1.82. The first kappa shape index (κ1) is 8.76. The van der Waals surface area contributed by atoms with Crippen molar-refractivity contribution in [2.45, 2.75) is 0 Å². The minimum absolute atomic E-state index is 0.101. The molecule has 0 fully saturated rings. The van der Waals surface area contributed by atoms with Crippen molar-refractivity contribution in [2.24, 2.45) is 0 Å². The maximum Gasteiger partial charge on any atom is 0.292 e. The highest BCUT2D eigenvalue weighted by atomic mass is 32.1. The van der Waals surface area contributed by atoms with Gasteiger partial charge in [-0.1, -0.05) is 11.3 Å². The van der Waals surface area contributed by atoms with Crippen molar-refractivity contribution in [1.29, 1.82) is 0 Å². The molecule has 0 amide bonds. The number of nitro benzene ring substituents is 1. The van der Waals surface area contributed by atoms with Gasteiger partial charge in [0.25, 0.3) is 5.69 Å². The molecule has 0 aliphatic rings. The number of hydrogen-bond acceptors (Lipinski definition) is 5. The number of aromatic hydroxyl groups is 1. The lowest BCUT2D eigenvalue weighted by Gasteiger charge is -1.97. The molecule has 0 aliphatic heterocycles. The Morgan fingerprint density at radius 2 is 2.21 bits per heavy atom. The number of nitrogens with zero attached hydrogens (tertiary/aromatic N) is 1. The van der Waals surface area contributed by atoms with Gasteiger partial charge in [-0.25, -0.2) is 0 Å². The largest absolute Gasteiger partial charge is 0.499 e. The second kappa shape index (κ2) is 2.85. The summed E-state index contributed by atoms with van der Waals surface area (Å²) in [6.07, 6.45) is 0. The Labute approximate surface area is 82.5 Å². The van der Waals surface area contributed by atoms with E-state index in [1.807, 2.05) is 0 Å². The maximum atomic E-state index is 10.5. The second-order valence-corrected chi connectivity index (χ2v) is 3.81. The highest BCUT2D eigenvalue weighted by molar-refractivity contribution is 7.20. The van der Waals surface area contributed by atoms with Gasteiger partial charge in [-0.15, -0.1) is 0 Å². The number of thiophene rings is 1. The van der Waals surface area contributed by atoms with E-state index in [-0.39, 0.29) is 16.4 Å². The molecule has 0 unspecified atom stereocenters. The molecule has 0 saturated heterocycles. The molecule has 3 N–H and O–H groups in total. The van der Waals surface area contributed by atoms with Crippen molar-refractivity contribution in [3.05, 3.63) is 28.3 Å². The smallest absolute Gasteiger partial charge is 0.292 e. The maximum absolute atomic E-state index is 10.5. The number of nitrogen functional groups attached to an aromatic ring is 1. The average Bonchev–Trinajstić information content (AvgIpc) is 2.46. The second-order valence-electron chi connectivity index (χ2n) is 2.75. The summed E-state index contributed by atoms with van der Waals surface area (Å²) in [7, 11) is 0. The molecule has 1 heterocycles. The van der Waals surface area contributed by atoms with Crippen LogP contribution in [0.15, 0.2) is 18.2 Å². The van der Waals surface area contributed by atoms with E-state index in [1.54, 1.807) is 6.07 Å². The summed E-state index contributed by atoms with van der Waals surface area (Å²) in [5, 5.41) is 20.4. The lowest BCUT2D eigenvalue weighted by atomic mass is 10.2. The predicted octanol–water partition coefficient (Wildman–Crippen LogP) is 2.10. The van der Waals surface area contributed by atoms with Crippen molar-refractivity contribution >= 4 is 32.8 Å². The molecular formula is C8H6N2O3S. The molecule has 0 atom stereocenters. The van der Waals surface area contributed by atoms with E-state index in [2.05, 4.69) is 0 Å². The van der Waals surface area contributed by atoms with Gasteiger partial charge in [0.05, 0.1) is 4.92 Å². The fourth-order valence-electron chi connectivity index (χ4n) is 1.27. The van der Waals surface area contributed by atoms with Crippen LogP contribution in [0.2, 0.25) is 0 Å². The van der Waals surface area contributed by atoms with Gasteiger partial charge < -0.3 is 10.8 Å². The summed E-state index contributed by atoms with van der Waals surface area (Å²) >= 11 is 1.14. The standard InChI is InChI=1S/C8H6N2O3S/c9-8-4-3-7(11)14-6(4)2-1-5(8)10(12)13/h1-3,11H,9H2. The van der Waals surface area contributed by atoms with Crippen LogP contribution in [0.4, 0.5) is 11.4 Å². The molecule has 0 radical (unpaired) electrons. The van der Waals surface area contributed by atoms with Crippen LogP contribution >= 0.6 is 11.3 Å². The van der Waals surface area contributed by atoms with Gasteiger partial charge in [-0.3, -0.25) is 10.1 Å². The van der Waals surface area contributed by atoms with Gasteiger partial charge in [0, 0.05) is 22.2 Å². The van der Waals surface area contributed by atoms with Crippen LogP contribution in [0.1, 0.15) is 0 Å². The number of fused-ring (bicyclic) bond motifs is 1. The highest BCUT2D eigenvalue weighted by Crippen LogP contribution is 2.38. The zero-order valence-corrected chi connectivity index (χ0v) is 7.75. The topological polar surface area (TPSA) is 89.4 Å². The van der Waals surface area contributed by atoms with Crippen LogP contribution in [0.3, 0.4) is 0 Å². The van der Waals surface area contributed by atoms with Gasteiger partial charge in [-0.2, -0.15) is 0 Å². The Balaban J connectivity index is 2.80. The molecule has 1 aromatic heterocycles. The van der Waals surface area contributed by atoms with Crippen LogP contribution in [0.5, 0.6) is 5.06 Å². The fourth-order valence-corrected chi connectivity index (χ4v) is 2.08. The van der Waals surface area contributed by atoms with E-state index in [1.165, 1.54) is 12.1 Å². The van der Waals surface area contributed by atoms with E-state index >= 15 is 0 Å². The monoisotopic (exact) mass is 210 g/mol. The third kappa shape index (κ3) is 1.16. The first-order valence-corrected chi connectivity index (χ1v) is 4.56. The van der Waals surface area contributed by atoms with Crippen LogP contribution in [0.25, 0.3) is 10.1 Å². The fraction of sp³-hybridized carbons (Fsp3) is 0. The number of rotatable bonds is 1. The number of nitro groups is 1. The van der Waals surface area contributed by atoms with E-state index in [4.69, 9.17) is 5.73 Å². The molecule has 2 rings (SSSR count). The third-order valence-electron chi connectivity index (χ3n) is 1.90. The summed E-state index contributed by atoms with van der Waals surface area (Å²) in [5.41, 5.74) is 5.56. The molecule has 0 spiro atoms. The van der Waals surface area contributed by atoms with Crippen LogP contribution in [0, 0.1) is 10.1 Å². The Morgan fingerprint density at radius 3 is 2.86 bits per heavy atom. The zero-order chi connectivity index (χ0) is 10.3. The van der Waals surface area contributed by atoms with E-state index < -0.39 is 4.92 Å². The molecule has 2 aromatic rings. The number of benzene rings is 1. The van der Waals surface area contributed by atoms with E-state index in [0.717, 1.165) is 16.0 Å². The molecule has 0 bridgehead atoms. The quantitative estimate of drug-likeness (QED) is 0.428. The summed E-state index contributed by atoms with van der Waals surface area (Å²) in [6, 6.07) is 4.35. The van der Waals surface area contributed by atoms with Gasteiger partial charge >= 0.3 is 0 Å². The van der Waals surface area contributed by atoms with Gasteiger partial charge in [0.2, 0.25) is 0 Å². The average molecular weight is 210 g/mol. The number of nitrogens with two attached hydrogens (primary N) is 1. The Kier molecular flexibility index (Phi) is 1.78.